The van der Waals surface area contributed by atoms with Crippen LogP contribution in [0.5, 0.6) is 0 Å². The van der Waals surface area contributed by atoms with Crippen LogP contribution in [0.2, 0.25) is 0 Å². The van der Waals surface area contributed by atoms with Crippen molar-refractivity contribution >= 4 is 11.8 Å². The molecular formula is C28H36O5. The lowest BCUT2D eigenvalue weighted by atomic mass is 9.51. The van der Waals surface area contributed by atoms with Crippen molar-refractivity contribution in [3.8, 4) is 0 Å². The van der Waals surface area contributed by atoms with Crippen LogP contribution in [0.25, 0.3) is 0 Å². The summed E-state index contributed by atoms with van der Waals surface area (Å²) in [4.78, 5) is 25.5. The van der Waals surface area contributed by atoms with Crippen molar-refractivity contribution in [1.82, 2.24) is 0 Å². The zero-order chi connectivity index (χ0) is 24.0. The summed E-state index contributed by atoms with van der Waals surface area (Å²) >= 11 is 0. The Kier molecular flexibility index (Phi) is 4.85. The van der Waals surface area contributed by atoms with E-state index >= 15 is 0 Å². The molecule has 0 saturated heterocycles. The van der Waals surface area contributed by atoms with Crippen LogP contribution < -0.4 is 0 Å². The molecule has 5 heteroatoms. The Morgan fingerprint density at radius 3 is 2.58 bits per heavy atom. The van der Waals surface area contributed by atoms with Gasteiger partial charge in [0.2, 0.25) is 0 Å². The number of aliphatic hydroxyl groups is 2. The number of cyclic esters (lactones) is 1. The first-order chi connectivity index (χ1) is 15.4. The Labute approximate surface area is 196 Å². The van der Waals surface area contributed by atoms with Gasteiger partial charge in [-0.15, -0.1) is 0 Å². The molecule has 5 aliphatic rings. The summed E-state index contributed by atoms with van der Waals surface area (Å²) in [5.41, 5.74) is 0.925. The van der Waals surface area contributed by atoms with Gasteiger partial charge in [0.15, 0.2) is 0 Å². The van der Waals surface area contributed by atoms with Crippen molar-refractivity contribution in [2.24, 2.45) is 16.7 Å². The topological polar surface area (TPSA) is 83.8 Å². The summed E-state index contributed by atoms with van der Waals surface area (Å²) in [5.74, 6) is 0.000108. The molecule has 2 N–H and O–H groups in total. The van der Waals surface area contributed by atoms with Gasteiger partial charge in [-0.3, -0.25) is 4.79 Å². The highest BCUT2D eigenvalue weighted by Gasteiger charge is 2.67. The van der Waals surface area contributed by atoms with Gasteiger partial charge >= 0.3 is 5.97 Å². The molecule has 0 unspecified atom stereocenters. The van der Waals surface area contributed by atoms with E-state index in [9.17, 15) is 19.8 Å². The van der Waals surface area contributed by atoms with Crippen molar-refractivity contribution in [1.29, 1.82) is 0 Å². The van der Waals surface area contributed by atoms with E-state index in [2.05, 4.69) is 26.0 Å². The molecule has 0 bridgehead atoms. The molecule has 4 aliphatic carbocycles. The molecule has 0 amide bonds. The highest BCUT2D eigenvalue weighted by atomic mass is 16.6. The molecule has 0 aromatic carbocycles. The van der Waals surface area contributed by atoms with Crippen LogP contribution in [0.4, 0.5) is 0 Å². The second-order valence-electron chi connectivity index (χ2n) is 11.5. The number of fused-ring (bicyclic) bond motifs is 4. The van der Waals surface area contributed by atoms with Crippen LogP contribution in [0.3, 0.4) is 0 Å². The number of Topliss-reactive ketones (excluding diaryl/α,β-unsaturated/α-hetero) is 1. The Balaban J connectivity index is 1.56. The number of carbonyl (C=O) groups is 2. The highest BCUT2D eigenvalue weighted by Crippen LogP contribution is 2.66. The van der Waals surface area contributed by atoms with Crippen LogP contribution in [0.15, 0.2) is 46.1 Å². The highest BCUT2D eigenvalue weighted by molar-refractivity contribution is 5.92. The van der Waals surface area contributed by atoms with Crippen molar-refractivity contribution in [2.45, 2.75) is 96.9 Å². The maximum atomic E-state index is 13.1. The zero-order valence-electron chi connectivity index (χ0n) is 20.5. The van der Waals surface area contributed by atoms with Gasteiger partial charge < -0.3 is 14.9 Å². The van der Waals surface area contributed by atoms with Crippen molar-refractivity contribution in [2.75, 3.05) is 0 Å². The van der Waals surface area contributed by atoms with E-state index in [-0.39, 0.29) is 11.7 Å². The molecule has 1 heterocycles. The predicted molar refractivity (Wildman–Crippen MR) is 125 cm³/mol. The molecule has 6 atom stereocenters. The number of allylic oxidation sites excluding steroid dienone is 5. The molecule has 1 fully saturated rings. The summed E-state index contributed by atoms with van der Waals surface area (Å²) in [6.07, 6.45) is 9.75. The molecule has 5 nitrogen and oxygen atoms in total. The lowest BCUT2D eigenvalue weighted by Crippen LogP contribution is -2.66. The van der Waals surface area contributed by atoms with E-state index in [1.54, 1.807) is 13.8 Å². The fourth-order valence-electron chi connectivity index (χ4n) is 7.69. The van der Waals surface area contributed by atoms with Gasteiger partial charge in [0, 0.05) is 23.8 Å². The lowest BCUT2D eigenvalue weighted by Gasteiger charge is -2.56. The molecular weight excluding hydrogens is 416 g/mol. The Hall–Kier alpha value is -1.98. The number of ketones is 1. The molecule has 0 spiro atoms. The lowest BCUT2D eigenvalue weighted by molar-refractivity contribution is -0.235. The van der Waals surface area contributed by atoms with Crippen LogP contribution in [-0.2, 0) is 14.3 Å². The van der Waals surface area contributed by atoms with Gasteiger partial charge in [-0.1, -0.05) is 41.9 Å². The average molecular weight is 453 g/mol. The Morgan fingerprint density at radius 2 is 1.88 bits per heavy atom. The fourth-order valence-corrected chi connectivity index (χ4v) is 7.69. The summed E-state index contributed by atoms with van der Waals surface area (Å²) in [7, 11) is 0. The summed E-state index contributed by atoms with van der Waals surface area (Å²) in [6, 6.07) is 0. The van der Waals surface area contributed by atoms with Gasteiger partial charge in [-0.25, -0.2) is 4.79 Å². The molecule has 0 aromatic rings. The smallest absolute Gasteiger partial charge is 0.334 e. The Morgan fingerprint density at radius 1 is 1.15 bits per heavy atom. The number of ether oxygens (including phenoxy) is 1. The number of hydrogen-bond acceptors (Lipinski definition) is 5. The van der Waals surface area contributed by atoms with Gasteiger partial charge in [0.1, 0.15) is 23.1 Å². The first-order valence-corrected chi connectivity index (χ1v) is 12.3. The maximum absolute atomic E-state index is 13.1. The molecule has 0 radical (unpaired) electrons. The second kappa shape index (κ2) is 7.02. The van der Waals surface area contributed by atoms with Crippen molar-refractivity contribution < 1.29 is 24.5 Å². The summed E-state index contributed by atoms with van der Waals surface area (Å²) in [5, 5.41) is 24.1. The largest absolute Gasteiger partial charge is 0.455 e. The normalized spacial score (nSPS) is 42.3. The molecule has 178 valence electrons. The third kappa shape index (κ3) is 2.72. The minimum Gasteiger partial charge on any atom is -0.455 e. The molecule has 1 saturated carbocycles. The van der Waals surface area contributed by atoms with Gasteiger partial charge in [-0.05, 0) is 71.3 Å². The molecule has 1 aliphatic heterocycles. The van der Waals surface area contributed by atoms with Crippen LogP contribution in [-0.4, -0.2) is 39.3 Å². The standard InChI is InChI=1S/C28H36O5/c1-16-15-23(33-24(30)17(16)2)27(5,31)28(32)14-12-20-19-10-9-18-7-6-8-22(29)26(18,4)21(19)11-13-25(20,28)3/h6-7,9,21,23,31-32H,8,10-15H2,1-5H3/t21-,23+,25-,26-,27-,28+/m0/s1. The summed E-state index contributed by atoms with van der Waals surface area (Å²) in [6.45, 7) is 9.43. The minimum absolute atomic E-state index is 0.144. The quantitative estimate of drug-likeness (QED) is 0.476. The zero-order valence-corrected chi connectivity index (χ0v) is 20.5. The SMILES string of the molecule is CC1=C(C)C(=O)O[C@@H]([C@](C)(O)[C@@]2(O)CCC3=C4CC=C5C=CCC(=O)[C@]5(C)[C@H]4CC[C@@]32C)C1. The van der Waals surface area contributed by atoms with E-state index in [1.165, 1.54) is 11.1 Å². The van der Waals surface area contributed by atoms with Crippen molar-refractivity contribution in [3.63, 3.8) is 0 Å². The number of esters is 1. The first-order valence-electron chi connectivity index (χ1n) is 12.3. The third-order valence-electron chi connectivity index (χ3n) is 10.2. The predicted octanol–water partition coefficient (Wildman–Crippen LogP) is 4.49. The Bertz CT molecular complexity index is 1070. The maximum Gasteiger partial charge on any atom is 0.334 e. The fraction of sp³-hybridized carbons (Fsp3) is 0.643. The monoisotopic (exact) mass is 452 g/mol. The second-order valence-corrected chi connectivity index (χ2v) is 11.5. The van der Waals surface area contributed by atoms with E-state index in [0.717, 1.165) is 24.0 Å². The molecule has 33 heavy (non-hydrogen) atoms. The van der Waals surface area contributed by atoms with Crippen LogP contribution in [0, 0.1) is 16.7 Å². The average Bonchev–Trinajstić information content (AvgIpc) is 3.05. The minimum atomic E-state index is -1.60. The number of rotatable bonds is 2. The van der Waals surface area contributed by atoms with Crippen molar-refractivity contribution in [3.05, 3.63) is 46.1 Å². The third-order valence-corrected chi connectivity index (χ3v) is 10.2. The van der Waals surface area contributed by atoms with E-state index < -0.39 is 34.1 Å². The molecule has 5 rings (SSSR count). The van der Waals surface area contributed by atoms with Gasteiger partial charge in [-0.2, -0.15) is 0 Å². The molecule has 0 aromatic heterocycles. The van der Waals surface area contributed by atoms with E-state index in [1.807, 2.05) is 13.0 Å². The number of hydrogen-bond donors (Lipinski definition) is 2. The van der Waals surface area contributed by atoms with Crippen LogP contribution >= 0.6 is 0 Å². The van der Waals surface area contributed by atoms with Gasteiger partial charge in [0.05, 0.1) is 5.41 Å². The van der Waals surface area contributed by atoms with Gasteiger partial charge in [0.25, 0.3) is 0 Å². The number of carbonyl (C=O) groups excluding carboxylic acids is 2. The first kappa shape index (κ1) is 22.8. The van der Waals surface area contributed by atoms with E-state index in [4.69, 9.17) is 4.74 Å². The summed E-state index contributed by atoms with van der Waals surface area (Å²) < 4.78 is 5.66. The van der Waals surface area contributed by atoms with Crippen LogP contribution in [0.1, 0.15) is 79.6 Å². The van der Waals surface area contributed by atoms with E-state index in [0.29, 0.717) is 37.7 Å².